The molecule has 4 heterocycles. The van der Waals surface area contributed by atoms with Crippen LogP contribution in [0.3, 0.4) is 0 Å². The van der Waals surface area contributed by atoms with Crippen molar-refractivity contribution in [1.29, 1.82) is 0 Å². The summed E-state index contributed by atoms with van der Waals surface area (Å²) in [4.78, 5) is 55.3. The summed E-state index contributed by atoms with van der Waals surface area (Å²) in [5.74, 6) is -0.380. The van der Waals surface area contributed by atoms with Gasteiger partial charge in [-0.1, -0.05) is 163 Å². The number of rotatable bonds is 8. The van der Waals surface area contributed by atoms with Crippen LogP contribution in [-0.2, 0) is 99.6 Å². The van der Waals surface area contributed by atoms with E-state index in [4.69, 9.17) is 26.9 Å². The molecule has 0 atom stereocenters. The summed E-state index contributed by atoms with van der Waals surface area (Å²) in [7, 11) is 0. The number of fused-ring (bicyclic) bond motifs is 3. The Bertz CT molecular complexity index is 4310. The summed E-state index contributed by atoms with van der Waals surface area (Å²) in [5.41, 5.74) is 10.2. The fourth-order valence-corrected chi connectivity index (χ4v) is 8.14. The number of halogens is 2. The molecule has 4 radical (unpaired) electrons. The summed E-state index contributed by atoms with van der Waals surface area (Å²) >= 11 is 5.62. The van der Waals surface area contributed by atoms with Gasteiger partial charge in [0.25, 0.3) is 0 Å². The van der Waals surface area contributed by atoms with Gasteiger partial charge in [-0.2, -0.15) is 5.10 Å². The Morgan fingerprint density at radius 3 is 1.10 bits per heavy atom. The minimum Gasteiger partial charge on any atom is -0.512 e. The van der Waals surface area contributed by atoms with Crippen LogP contribution in [0.5, 0.6) is 0 Å². The maximum Gasteiger partial charge on any atom is 0.164 e. The molecule has 0 unspecified atom stereocenters. The van der Waals surface area contributed by atoms with Crippen molar-refractivity contribution in [2.24, 2.45) is 10.8 Å². The van der Waals surface area contributed by atoms with Gasteiger partial charge in [0.2, 0.25) is 0 Å². The van der Waals surface area contributed by atoms with Crippen molar-refractivity contribution >= 4 is 67.4 Å². The maximum atomic E-state index is 13.6. The number of para-hydroxylation sites is 3. The number of hydrogen-bond acceptors (Lipinski definition) is 13. The molecule has 0 saturated carbocycles. The summed E-state index contributed by atoms with van der Waals surface area (Å²) in [6.07, 6.45) is 4.83. The number of carbonyl (C=O) groups is 4. The molecule has 0 spiro atoms. The van der Waals surface area contributed by atoms with Gasteiger partial charge in [-0.25, -0.2) is 0 Å². The van der Waals surface area contributed by atoms with Gasteiger partial charge in [-0.05, 0) is 99.0 Å². The van der Waals surface area contributed by atoms with E-state index in [1.807, 2.05) is 187 Å². The number of ketones is 4. The third-order valence-electron chi connectivity index (χ3n) is 12.8. The molecule has 0 bridgehead atoms. The third-order valence-corrected chi connectivity index (χ3v) is 13.0. The van der Waals surface area contributed by atoms with Crippen molar-refractivity contribution in [2.75, 3.05) is 0 Å². The van der Waals surface area contributed by atoms with Crippen LogP contribution in [0.2, 0.25) is 5.15 Å². The predicted molar refractivity (Wildman–Crippen MR) is 390 cm³/mol. The fourth-order valence-electron chi connectivity index (χ4n) is 8.04. The van der Waals surface area contributed by atoms with Gasteiger partial charge in [0, 0.05) is 127 Å². The minimum atomic E-state index is -0.417. The first-order chi connectivity index (χ1) is 45.9. The Morgan fingerprint density at radius 2 is 0.752 bits per heavy atom. The van der Waals surface area contributed by atoms with E-state index < -0.39 is 5.41 Å². The number of nitrogens with zero attached hydrogens (tertiary/aromatic N) is 5. The Kier molecular flexibility index (Phi) is 43.6. The standard InChI is InChI=1S/C16H12N.C15H9FN.C15H10N.C11H20O2.C10H6ClN2.3C5H8O2.4Ir/c1-12-6-2-4-8-14(12)16-11-10-13-7-3-5-9-15(13)17-16;16-13-7-3-2-6-12(13)15-10-9-11-5-1-4-8-14(11)17-15;1-2-6-12(7-3-1)15-11-10-13-8-4-5-9-14(13)16-15;1-10(2,3)8(12)7-9(13)11(4,5)6;11-10-7-6-9(12-13-10)8-4-2-1-3-5-8;3*1-4(6)3-5(2)7;;;;/h2-7,9-11H,1H3;1-5,7-10H;1-6,8-11H;7,12H,1-6H3;1-4,6-7H;3*3,6H,1-2H3;;;;/q3*-1;;-1;;;;;;;. The van der Waals surface area contributed by atoms with Crippen molar-refractivity contribution < 1.29 is 124 Å². The van der Waals surface area contributed by atoms with Gasteiger partial charge in [-0.3, -0.25) is 38.5 Å². The normalized spacial score (nSPS) is 10.8. The van der Waals surface area contributed by atoms with Crippen molar-refractivity contribution in [3.8, 4) is 45.0 Å². The number of aromatic nitrogens is 5. The molecular formula is C82H81ClFIr4N5O8-4. The topological polar surface area (TPSA) is 214 Å². The Hall–Kier alpha value is -8.49. The number of pyridine rings is 3. The van der Waals surface area contributed by atoms with Crippen LogP contribution in [0.25, 0.3) is 77.7 Å². The van der Waals surface area contributed by atoms with Gasteiger partial charge in [0.15, 0.2) is 23.1 Å². The second-order valence-corrected chi connectivity index (χ2v) is 24.1. The van der Waals surface area contributed by atoms with Crippen LogP contribution >= 0.6 is 11.6 Å². The molecule has 0 aliphatic carbocycles. The average molecular weight is 2090 g/mol. The van der Waals surface area contributed by atoms with E-state index in [9.17, 15) is 28.7 Å². The molecule has 4 N–H and O–H groups in total. The van der Waals surface area contributed by atoms with E-state index in [2.05, 4.69) is 92.7 Å². The number of aliphatic hydroxyl groups is 4. The molecule has 4 aromatic heterocycles. The number of carbonyl (C=O) groups excluding carboxylic acids is 4. The molecule has 101 heavy (non-hydrogen) atoms. The summed E-state index contributed by atoms with van der Waals surface area (Å²) in [6.45, 7) is 21.7. The first-order valence-electron chi connectivity index (χ1n) is 30.7. The molecule has 0 aliphatic heterocycles. The zero-order chi connectivity index (χ0) is 71.7. The molecule has 0 saturated heterocycles. The first-order valence-corrected chi connectivity index (χ1v) is 31.0. The van der Waals surface area contributed by atoms with Crippen LogP contribution in [0.4, 0.5) is 4.39 Å². The van der Waals surface area contributed by atoms with Crippen molar-refractivity contribution in [3.05, 3.63) is 294 Å². The van der Waals surface area contributed by atoms with Crippen LogP contribution in [-0.4, -0.2) is 68.7 Å². The smallest absolute Gasteiger partial charge is 0.164 e. The van der Waals surface area contributed by atoms with E-state index in [0.29, 0.717) is 16.4 Å². The zero-order valence-corrected chi connectivity index (χ0v) is 68.5. The summed E-state index contributed by atoms with van der Waals surface area (Å²) in [6, 6.07) is 78.3. The predicted octanol–water partition coefficient (Wildman–Crippen LogP) is 20.3. The molecule has 19 heteroatoms. The molecular weight excluding hydrogens is 2010 g/mol. The Balaban J connectivity index is 0.00000115. The quantitative estimate of drug-likeness (QED) is 0.0634. The maximum absolute atomic E-state index is 13.6. The van der Waals surface area contributed by atoms with Crippen molar-refractivity contribution in [1.82, 2.24) is 25.1 Å². The molecule has 0 aliphatic rings. The molecule has 7 aromatic carbocycles. The van der Waals surface area contributed by atoms with E-state index in [1.54, 1.807) is 18.2 Å². The summed E-state index contributed by atoms with van der Waals surface area (Å²) < 4.78 is 13.6. The largest absolute Gasteiger partial charge is 0.512 e. The van der Waals surface area contributed by atoms with Gasteiger partial charge in [-0.15, -0.1) is 137 Å². The third kappa shape index (κ3) is 35.6. The number of aryl methyl sites for hydroxylation is 1. The number of allylic oxidation sites excluding steroid dienone is 8. The number of benzene rings is 7. The molecule has 536 valence electrons. The van der Waals surface area contributed by atoms with E-state index >= 15 is 0 Å². The monoisotopic (exact) mass is 2090 g/mol. The Morgan fingerprint density at radius 1 is 0.396 bits per heavy atom. The first kappa shape index (κ1) is 92.5. The zero-order valence-electron chi connectivity index (χ0n) is 58.2. The van der Waals surface area contributed by atoms with Gasteiger partial charge in [0.1, 0.15) is 10.9 Å². The SMILES string of the molecule is CC(=O)C=C(C)O.CC(=O)C=C(C)O.CC(=O)C=C(C)O.CC(C)(C)C(=O)C=C(O)C(C)(C)C.Cc1ccc[c-]c1-c1ccc2ccccc2n1.Clc1ccc(-c2[c-]cccc2)nn1.Fc1ccc[c-]c1-c1ccc2ccccc2n1.[Ir].[Ir].[Ir].[Ir].[c-]1ccccc1-c1ccc2ccccc2n1. The number of aliphatic hydroxyl groups excluding tert-OH is 4. The van der Waals surface area contributed by atoms with Gasteiger partial charge < -0.3 is 20.4 Å². The van der Waals surface area contributed by atoms with E-state index in [0.717, 1.165) is 55.7 Å². The van der Waals surface area contributed by atoms with Crippen molar-refractivity contribution in [3.63, 3.8) is 0 Å². The fraction of sp³-hybridized carbons (Fsp3) is 0.183. The van der Waals surface area contributed by atoms with Crippen LogP contribution < -0.4 is 0 Å². The van der Waals surface area contributed by atoms with Crippen LogP contribution in [0.15, 0.2) is 254 Å². The second kappa shape index (κ2) is 47.6. The van der Waals surface area contributed by atoms with Gasteiger partial charge in [0.05, 0.1) is 33.8 Å². The Labute approximate surface area is 651 Å². The molecule has 0 fully saturated rings. The van der Waals surface area contributed by atoms with Crippen molar-refractivity contribution in [2.45, 2.75) is 90.0 Å². The van der Waals surface area contributed by atoms with E-state index in [1.165, 1.54) is 88.2 Å². The minimum absolute atomic E-state index is 0. The van der Waals surface area contributed by atoms with Crippen LogP contribution in [0.1, 0.15) is 88.6 Å². The average Bonchev–Trinajstić information content (AvgIpc) is 0.830. The second-order valence-electron chi connectivity index (χ2n) is 23.7. The molecule has 11 aromatic rings. The van der Waals surface area contributed by atoms with Gasteiger partial charge >= 0.3 is 0 Å². The summed E-state index contributed by atoms with van der Waals surface area (Å²) in [5, 5.41) is 46.1. The molecule has 0 amide bonds. The molecule has 13 nitrogen and oxygen atoms in total. The van der Waals surface area contributed by atoms with E-state index in [-0.39, 0.29) is 138 Å². The number of hydrogen-bond donors (Lipinski definition) is 4. The van der Waals surface area contributed by atoms with Crippen LogP contribution in [0, 0.1) is 47.8 Å². The molecule has 11 rings (SSSR count).